The molecular formula is C25H19F2N5O3S2. The van der Waals surface area contributed by atoms with E-state index in [2.05, 4.69) is 15.1 Å². The van der Waals surface area contributed by atoms with Crippen LogP contribution >= 0.6 is 11.3 Å². The number of carbonyl (C=O) groups excluding carboxylic acids is 1. The van der Waals surface area contributed by atoms with Crippen LogP contribution in [0.25, 0.3) is 11.8 Å². The molecule has 188 valence electrons. The summed E-state index contributed by atoms with van der Waals surface area (Å²) in [6, 6.07) is 6.85. The number of rotatable bonds is 5. The van der Waals surface area contributed by atoms with E-state index < -0.39 is 21.3 Å². The minimum atomic E-state index is -4.12. The first kappa shape index (κ1) is 23.8. The number of ketones is 1. The average Bonchev–Trinajstić information content (AvgIpc) is 3.57. The molecule has 0 N–H and O–H groups in total. The third kappa shape index (κ3) is 3.92. The van der Waals surface area contributed by atoms with Crippen molar-refractivity contribution >= 4 is 33.2 Å². The van der Waals surface area contributed by atoms with Crippen molar-refractivity contribution in [2.24, 2.45) is 5.41 Å². The van der Waals surface area contributed by atoms with Crippen molar-refractivity contribution in [3.63, 3.8) is 0 Å². The monoisotopic (exact) mass is 539 g/mol. The molecule has 4 aromatic rings. The second-order valence-corrected chi connectivity index (χ2v) is 11.8. The van der Waals surface area contributed by atoms with Crippen LogP contribution in [0, 0.1) is 17.0 Å². The highest BCUT2D eigenvalue weighted by atomic mass is 32.2. The van der Waals surface area contributed by atoms with Gasteiger partial charge < -0.3 is 0 Å². The predicted molar refractivity (Wildman–Crippen MR) is 132 cm³/mol. The first-order valence-electron chi connectivity index (χ1n) is 11.4. The molecular weight excluding hydrogens is 520 g/mol. The number of aromatic nitrogens is 4. The zero-order chi connectivity index (χ0) is 25.8. The number of fused-ring (bicyclic) bond motifs is 2. The molecule has 1 atom stereocenters. The maximum atomic E-state index is 13.9. The van der Waals surface area contributed by atoms with E-state index in [-0.39, 0.29) is 47.4 Å². The smallest absolute Gasteiger partial charge is 0.244 e. The Kier molecular flexibility index (Phi) is 5.62. The van der Waals surface area contributed by atoms with Crippen LogP contribution in [0.4, 0.5) is 8.78 Å². The SMILES string of the molecule is O=C(c1nccs1)[C@]12Cc3cnn(-c4ccc(F)cc4)c3C=C1CCN(S(=O)(=O)c1cncc(F)c1)C2. The molecule has 1 aliphatic heterocycles. The summed E-state index contributed by atoms with van der Waals surface area (Å²) in [4.78, 5) is 21.6. The Morgan fingerprint density at radius 3 is 2.62 bits per heavy atom. The summed E-state index contributed by atoms with van der Waals surface area (Å²) < 4.78 is 57.1. The molecule has 12 heteroatoms. The van der Waals surface area contributed by atoms with Crippen LogP contribution in [0.2, 0.25) is 0 Å². The Bertz CT molecular complexity index is 1650. The van der Waals surface area contributed by atoms with Crippen molar-refractivity contribution in [3.05, 3.63) is 94.0 Å². The van der Waals surface area contributed by atoms with Crippen molar-refractivity contribution in [3.8, 4) is 5.69 Å². The third-order valence-electron chi connectivity index (χ3n) is 6.83. The van der Waals surface area contributed by atoms with Crippen LogP contribution in [0.15, 0.2) is 71.0 Å². The van der Waals surface area contributed by atoms with Crippen molar-refractivity contribution in [2.75, 3.05) is 13.1 Å². The van der Waals surface area contributed by atoms with Gasteiger partial charge in [0.15, 0.2) is 5.01 Å². The molecule has 0 saturated carbocycles. The Labute approximate surface area is 215 Å². The first-order chi connectivity index (χ1) is 17.8. The second-order valence-electron chi connectivity index (χ2n) is 8.97. The Morgan fingerprint density at radius 1 is 1.08 bits per heavy atom. The van der Waals surface area contributed by atoms with Gasteiger partial charge in [0.1, 0.15) is 16.5 Å². The molecule has 1 aromatic carbocycles. The summed E-state index contributed by atoms with van der Waals surface area (Å²) in [6.07, 6.45) is 7.60. The molecule has 6 rings (SSSR count). The molecule has 2 aliphatic rings. The molecule has 0 radical (unpaired) electrons. The van der Waals surface area contributed by atoms with E-state index in [0.29, 0.717) is 5.69 Å². The van der Waals surface area contributed by atoms with E-state index in [9.17, 15) is 22.0 Å². The van der Waals surface area contributed by atoms with Gasteiger partial charge in [-0.05, 0) is 54.8 Å². The zero-order valence-electron chi connectivity index (χ0n) is 19.2. The summed E-state index contributed by atoms with van der Waals surface area (Å²) in [5.74, 6) is -1.40. The van der Waals surface area contributed by atoms with E-state index in [4.69, 9.17) is 0 Å². The third-order valence-corrected chi connectivity index (χ3v) is 9.41. The topological polar surface area (TPSA) is 98.0 Å². The number of halogens is 2. The van der Waals surface area contributed by atoms with Gasteiger partial charge in [-0.2, -0.15) is 9.40 Å². The number of benzene rings is 1. The molecule has 0 spiro atoms. The quantitative estimate of drug-likeness (QED) is 0.357. The van der Waals surface area contributed by atoms with E-state index in [1.807, 2.05) is 6.08 Å². The second kappa shape index (κ2) is 8.75. The average molecular weight is 540 g/mol. The molecule has 37 heavy (non-hydrogen) atoms. The Balaban J connectivity index is 1.44. The number of thiazole rings is 1. The van der Waals surface area contributed by atoms with Crippen molar-refractivity contribution in [2.45, 2.75) is 17.7 Å². The molecule has 3 aromatic heterocycles. The number of hydrogen-bond acceptors (Lipinski definition) is 7. The molecule has 1 fully saturated rings. The molecule has 4 heterocycles. The molecule has 1 saturated heterocycles. The van der Waals surface area contributed by atoms with Gasteiger partial charge in [0, 0.05) is 30.9 Å². The highest BCUT2D eigenvalue weighted by Gasteiger charge is 2.51. The van der Waals surface area contributed by atoms with Crippen LogP contribution in [0.1, 0.15) is 27.5 Å². The molecule has 0 bridgehead atoms. The molecule has 8 nitrogen and oxygen atoms in total. The molecule has 0 amide bonds. The Morgan fingerprint density at radius 2 is 1.89 bits per heavy atom. The number of carbonyl (C=O) groups is 1. The number of hydrogen-bond donors (Lipinski definition) is 0. The van der Waals surface area contributed by atoms with Crippen LogP contribution < -0.4 is 0 Å². The summed E-state index contributed by atoms with van der Waals surface area (Å²) in [5.41, 5.74) is 1.75. The lowest BCUT2D eigenvalue weighted by Gasteiger charge is -2.44. The fourth-order valence-corrected chi connectivity index (χ4v) is 7.18. The Hall–Kier alpha value is -3.61. The van der Waals surface area contributed by atoms with Crippen molar-refractivity contribution < 1.29 is 22.0 Å². The highest BCUT2D eigenvalue weighted by Crippen LogP contribution is 2.47. The van der Waals surface area contributed by atoms with E-state index in [1.54, 1.807) is 28.4 Å². The van der Waals surface area contributed by atoms with Gasteiger partial charge in [-0.25, -0.2) is 26.9 Å². The zero-order valence-corrected chi connectivity index (χ0v) is 20.8. The van der Waals surface area contributed by atoms with Crippen LogP contribution in [-0.2, 0) is 16.4 Å². The predicted octanol–water partition coefficient (Wildman–Crippen LogP) is 3.91. The standard InChI is InChI=1S/C25H19F2N5O3S2/c26-18-1-3-20(4-2-18)32-22-9-17-5-7-31(37(34,35)21-10-19(27)13-28-14-21)15-25(17,11-16(22)12-30-32)23(33)24-29-6-8-36-24/h1-4,6,8-10,12-14H,5,7,11,15H2/t25-/m0/s1. The summed E-state index contributed by atoms with van der Waals surface area (Å²) in [6.45, 7) is -0.0190. The van der Waals surface area contributed by atoms with Gasteiger partial charge in [0.05, 0.1) is 29.2 Å². The lowest BCUT2D eigenvalue weighted by atomic mass is 9.66. The minimum Gasteiger partial charge on any atom is -0.290 e. The largest absolute Gasteiger partial charge is 0.290 e. The lowest BCUT2D eigenvalue weighted by Crippen LogP contribution is -2.53. The number of sulfonamides is 1. The van der Waals surface area contributed by atoms with Gasteiger partial charge >= 0.3 is 0 Å². The first-order valence-corrected chi connectivity index (χ1v) is 13.7. The number of piperidine rings is 1. The van der Waals surface area contributed by atoms with Crippen LogP contribution in [0.3, 0.4) is 0 Å². The summed E-state index contributed by atoms with van der Waals surface area (Å²) in [5, 5.41) is 6.46. The van der Waals surface area contributed by atoms with Crippen LogP contribution in [0.5, 0.6) is 0 Å². The summed E-state index contributed by atoms with van der Waals surface area (Å²) >= 11 is 1.20. The number of pyridine rings is 1. The van der Waals surface area contributed by atoms with Gasteiger partial charge in [-0.15, -0.1) is 11.3 Å². The normalized spacial score (nSPS) is 19.7. The van der Waals surface area contributed by atoms with E-state index in [1.165, 1.54) is 34.0 Å². The maximum Gasteiger partial charge on any atom is 0.244 e. The van der Waals surface area contributed by atoms with Gasteiger partial charge in [0.25, 0.3) is 0 Å². The fraction of sp³-hybridized carbons (Fsp3) is 0.200. The van der Waals surface area contributed by atoms with Gasteiger partial charge in [-0.3, -0.25) is 9.78 Å². The summed E-state index contributed by atoms with van der Waals surface area (Å²) in [7, 11) is -4.12. The van der Waals surface area contributed by atoms with Gasteiger partial charge in [0.2, 0.25) is 15.8 Å². The fourth-order valence-electron chi connectivity index (χ4n) is 5.03. The van der Waals surface area contributed by atoms with Crippen molar-refractivity contribution in [1.82, 2.24) is 24.1 Å². The minimum absolute atomic E-state index is 0.109. The van der Waals surface area contributed by atoms with E-state index in [0.717, 1.165) is 35.3 Å². The van der Waals surface area contributed by atoms with Crippen molar-refractivity contribution in [1.29, 1.82) is 0 Å². The maximum absolute atomic E-state index is 13.9. The molecule has 1 aliphatic carbocycles. The number of nitrogens with zero attached hydrogens (tertiary/aromatic N) is 5. The lowest BCUT2D eigenvalue weighted by molar-refractivity contribution is 0.0775. The number of Topliss-reactive ketones (excluding diaryl/α,β-unsaturated/α-hetero) is 1. The molecule has 0 unspecified atom stereocenters. The van der Waals surface area contributed by atoms with Gasteiger partial charge in [-0.1, -0.05) is 5.57 Å². The van der Waals surface area contributed by atoms with E-state index >= 15 is 0 Å². The highest BCUT2D eigenvalue weighted by molar-refractivity contribution is 7.89. The van der Waals surface area contributed by atoms with Crippen LogP contribution in [-0.4, -0.2) is 51.3 Å².